The van der Waals surface area contributed by atoms with Gasteiger partial charge in [0.25, 0.3) is 0 Å². The number of hydrogen-bond acceptors (Lipinski definition) is 3. The van der Waals surface area contributed by atoms with Crippen LogP contribution in [0.25, 0.3) is 0 Å². The average molecular weight is 268 g/mol. The van der Waals surface area contributed by atoms with Crippen LogP contribution in [-0.4, -0.2) is 31.1 Å². The molecule has 0 aliphatic carbocycles. The van der Waals surface area contributed by atoms with E-state index in [1.807, 2.05) is 11.3 Å². The molecule has 2 atom stereocenters. The van der Waals surface area contributed by atoms with Crippen LogP contribution in [0.4, 0.5) is 0 Å². The highest BCUT2D eigenvalue weighted by atomic mass is 32.1. The molecule has 1 rings (SSSR count). The van der Waals surface area contributed by atoms with E-state index in [4.69, 9.17) is 0 Å². The van der Waals surface area contributed by atoms with E-state index in [-0.39, 0.29) is 0 Å². The second-order valence-electron chi connectivity index (χ2n) is 5.10. The third-order valence-corrected chi connectivity index (χ3v) is 4.62. The lowest BCUT2D eigenvalue weighted by atomic mass is 10.1. The first-order valence-corrected chi connectivity index (χ1v) is 8.04. The third-order valence-electron chi connectivity index (χ3n) is 3.56. The maximum Gasteiger partial charge on any atom is 0.0386 e. The summed E-state index contributed by atoms with van der Waals surface area (Å²) in [5.74, 6) is 0.805. The Hall–Kier alpha value is -0.380. The molecule has 0 bridgehead atoms. The quantitative estimate of drug-likeness (QED) is 0.733. The Bertz CT molecular complexity index is 297. The molecule has 104 valence electrons. The Kier molecular flexibility index (Phi) is 7.56. The van der Waals surface area contributed by atoms with E-state index in [1.54, 1.807) is 0 Å². The minimum absolute atomic E-state index is 0.479. The number of thiophene rings is 1. The van der Waals surface area contributed by atoms with Gasteiger partial charge < -0.3 is 10.2 Å². The molecule has 18 heavy (non-hydrogen) atoms. The first kappa shape index (κ1) is 15.7. The highest BCUT2D eigenvalue weighted by Crippen LogP contribution is 2.17. The van der Waals surface area contributed by atoms with E-state index in [0.29, 0.717) is 6.04 Å². The molecule has 0 amide bonds. The van der Waals surface area contributed by atoms with Crippen LogP contribution in [0.5, 0.6) is 0 Å². The van der Waals surface area contributed by atoms with Crippen molar-refractivity contribution in [2.24, 2.45) is 5.92 Å². The lowest BCUT2D eigenvalue weighted by Gasteiger charge is -2.24. The smallest absolute Gasteiger partial charge is 0.0386 e. The van der Waals surface area contributed by atoms with Gasteiger partial charge in [0.15, 0.2) is 0 Å². The van der Waals surface area contributed by atoms with Crippen LogP contribution in [0.1, 0.15) is 45.0 Å². The largest absolute Gasteiger partial charge is 0.308 e. The first-order chi connectivity index (χ1) is 8.67. The van der Waals surface area contributed by atoms with Crippen molar-refractivity contribution in [2.45, 2.75) is 40.2 Å². The molecule has 3 heteroatoms. The molecule has 2 nitrogen and oxygen atoms in total. The molecule has 2 unspecified atom stereocenters. The Morgan fingerprint density at radius 3 is 2.67 bits per heavy atom. The summed E-state index contributed by atoms with van der Waals surface area (Å²) in [6.45, 7) is 13.7. The molecule has 1 aromatic heterocycles. The highest BCUT2D eigenvalue weighted by Gasteiger charge is 2.09. The molecular weight excluding hydrogens is 240 g/mol. The van der Waals surface area contributed by atoms with E-state index >= 15 is 0 Å². The van der Waals surface area contributed by atoms with Crippen LogP contribution >= 0.6 is 11.3 Å². The summed E-state index contributed by atoms with van der Waals surface area (Å²) in [4.78, 5) is 3.97. The van der Waals surface area contributed by atoms with Crippen LogP contribution < -0.4 is 5.32 Å². The van der Waals surface area contributed by atoms with Crippen LogP contribution in [0.3, 0.4) is 0 Å². The van der Waals surface area contributed by atoms with Crippen molar-refractivity contribution in [1.29, 1.82) is 0 Å². The van der Waals surface area contributed by atoms with E-state index in [2.05, 4.69) is 55.4 Å². The summed E-state index contributed by atoms with van der Waals surface area (Å²) < 4.78 is 0. The maximum atomic E-state index is 3.61. The van der Waals surface area contributed by atoms with Gasteiger partial charge >= 0.3 is 0 Å². The SMILES string of the molecule is CCC(C)CN(CC)CCNC(C)c1cccs1. The van der Waals surface area contributed by atoms with Crippen molar-refractivity contribution in [1.82, 2.24) is 10.2 Å². The molecule has 0 fully saturated rings. The zero-order valence-electron chi connectivity index (χ0n) is 12.3. The lowest BCUT2D eigenvalue weighted by molar-refractivity contribution is 0.243. The zero-order valence-corrected chi connectivity index (χ0v) is 13.1. The second kappa shape index (κ2) is 8.68. The summed E-state index contributed by atoms with van der Waals surface area (Å²) in [5, 5.41) is 5.76. The predicted molar refractivity (Wildman–Crippen MR) is 82.3 cm³/mol. The molecule has 1 aromatic rings. The Labute approximate surface area is 116 Å². The minimum Gasteiger partial charge on any atom is -0.308 e. The van der Waals surface area contributed by atoms with Gasteiger partial charge in [-0.1, -0.05) is 33.3 Å². The van der Waals surface area contributed by atoms with Gasteiger partial charge in [-0.15, -0.1) is 11.3 Å². The van der Waals surface area contributed by atoms with Crippen molar-refractivity contribution in [3.8, 4) is 0 Å². The molecule has 0 radical (unpaired) electrons. The van der Waals surface area contributed by atoms with Gasteiger partial charge in [0.1, 0.15) is 0 Å². The van der Waals surface area contributed by atoms with Gasteiger partial charge in [-0.3, -0.25) is 0 Å². The predicted octanol–water partition coefficient (Wildman–Crippen LogP) is 3.77. The standard InChI is InChI=1S/C15H28N2S/c1-5-13(3)12-17(6-2)10-9-16-14(4)15-8-7-11-18-15/h7-8,11,13-14,16H,5-6,9-10,12H2,1-4H3. The van der Waals surface area contributed by atoms with Crippen LogP contribution in [0.2, 0.25) is 0 Å². The Balaban J connectivity index is 2.22. The number of likely N-dealkylation sites (N-methyl/N-ethyl adjacent to an activating group) is 1. The van der Waals surface area contributed by atoms with Gasteiger partial charge in [-0.05, 0) is 30.8 Å². The normalized spacial score (nSPS) is 14.9. The van der Waals surface area contributed by atoms with Gasteiger partial charge in [-0.2, -0.15) is 0 Å². The summed E-state index contributed by atoms with van der Waals surface area (Å²) in [7, 11) is 0. The second-order valence-corrected chi connectivity index (χ2v) is 6.08. The highest BCUT2D eigenvalue weighted by molar-refractivity contribution is 7.10. The Morgan fingerprint density at radius 1 is 1.33 bits per heavy atom. The van der Waals surface area contributed by atoms with Crippen molar-refractivity contribution in [2.75, 3.05) is 26.2 Å². The first-order valence-electron chi connectivity index (χ1n) is 7.16. The summed E-state index contributed by atoms with van der Waals surface area (Å²) in [5.41, 5.74) is 0. The van der Waals surface area contributed by atoms with Crippen LogP contribution in [0, 0.1) is 5.92 Å². The van der Waals surface area contributed by atoms with E-state index < -0.39 is 0 Å². The number of nitrogens with one attached hydrogen (secondary N) is 1. The number of hydrogen-bond donors (Lipinski definition) is 1. The monoisotopic (exact) mass is 268 g/mol. The molecule has 0 saturated heterocycles. The lowest BCUT2D eigenvalue weighted by Crippen LogP contribution is -2.35. The van der Waals surface area contributed by atoms with E-state index in [0.717, 1.165) is 25.6 Å². The Morgan fingerprint density at radius 2 is 2.11 bits per heavy atom. The fourth-order valence-corrected chi connectivity index (χ4v) is 2.78. The molecule has 1 N–H and O–H groups in total. The molecule has 0 saturated carbocycles. The fraction of sp³-hybridized carbons (Fsp3) is 0.733. The van der Waals surface area contributed by atoms with Gasteiger partial charge in [-0.25, -0.2) is 0 Å². The minimum atomic E-state index is 0.479. The zero-order chi connectivity index (χ0) is 13.4. The molecule has 1 heterocycles. The van der Waals surface area contributed by atoms with Gasteiger partial charge in [0, 0.05) is 30.6 Å². The topological polar surface area (TPSA) is 15.3 Å². The van der Waals surface area contributed by atoms with E-state index in [9.17, 15) is 0 Å². The molecular formula is C15H28N2S. The summed E-state index contributed by atoms with van der Waals surface area (Å²) in [6.07, 6.45) is 1.27. The van der Waals surface area contributed by atoms with Gasteiger partial charge in [0.2, 0.25) is 0 Å². The van der Waals surface area contributed by atoms with E-state index in [1.165, 1.54) is 17.8 Å². The fourth-order valence-electron chi connectivity index (χ4n) is 2.03. The van der Waals surface area contributed by atoms with Crippen molar-refractivity contribution in [3.05, 3.63) is 22.4 Å². The summed E-state index contributed by atoms with van der Waals surface area (Å²) in [6, 6.07) is 4.81. The average Bonchev–Trinajstić information content (AvgIpc) is 2.91. The maximum absolute atomic E-state index is 3.61. The van der Waals surface area contributed by atoms with Gasteiger partial charge in [0.05, 0.1) is 0 Å². The van der Waals surface area contributed by atoms with Crippen LogP contribution in [-0.2, 0) is 0 Å². The van der Waals surface area contributed by atoms with Crippen molar-refractivity contribution < 1.29 is 0 Å². The molecule has 0 aliphatic heterocycles. The van der Waals surface area contributed by atoms with Crippen molar-refractivity contribution in [3.63, 3.8) is 0 Å². The molecule has 0 aliphatic rings. The number of nitrogens with zero attached hydrogens (tertiary/aromatic N) is 1. The van der Waals surface area contributed by atoms with Crippen LogP contribution in [0.15, 0.2) is 17.5 Å². The molecule has 0 aromatic carbocycles. The van der Waals surface area contributed by atoms with Crippen molar-refractivity contribution >= 4 is 11.3 Å². The number of rotatable bonds is 9. The third kappa shape index (κ3) is 5.51. The molecule has 0 spiro atoms. The summed E-state index contributed by atoms with van der Waals surface area (Å²) >= 11 is 1.83.